The molecule has 21 heavy (non-hydrogen) atoms. The summed E-state index contributed by atoms with van der Waals surface area (Å²) in [5, 5.41) is 0. The molecule has 0 aromatic heterocycles. The Bertz CT molecular complexity index is 294. The van der Waals surface area contributed by atoms with Gasteiger partial charge in [0.05, 0.1) is 13.2 Å². The van der Waals surface area contributed by atoms with Crippen LogP contribution in [0.4, 0.5) is 0 Å². The predicted octanol–water partition coefficient (Wildman–Crippen LogP) is 3.50. The van der Waals surface area contributed by atoms with Crippen molar-refractivity contribution < 1.29 is 22.7 Å². The van der Waals surface area contributed by atoms with E-state index < -0.39 is 25.2 Å². The predicted molar refractivity (Wildman–Crippen MR) is 91.5 cm³/mol. The van der Waals surface area contributed by atoms with Crippen LogP contribution in [0.2, 0.25) is 51.9 Å². The van der Waals surface area contributed by atoms with Crippen LogP contribution in [-0.4, -0.2) is 51.1 Å². The van der Waals surface area contributed by atoms with Gasteiger partial charge in [-0.25, -0.2) is 9.78 Å². The first-order chi connectivity index (χ1) is 9.49. The lowest BCUT2D eigenvalue weighted by atomic mass is 10.5. The topological polar surface area (TPSA) is 49.5 Å². The highest BCUT2D eigenvalue weighted by atomic mass is 28.5. The second kappa shape index (κ2) is 7.82. The molecule has 0 bridgehead atoms. The fourth-order valence-electron chi connectivity index (χ4n) is 2.22. The Kier molecular flexibility index (Phi) is 7.26. The minimum absolute atomic E-state index is 0.245. The summed E-state index contributed by atoms with van der Waals surface area (Å²) in [5.74, 6) is 0. The largest absolute Gasteiger partial charge is 0.437 e. The second-order valence-corrected chi connectivity index (χ2v) is 20.6. The average molecular weight is 353 g/mol. The van der Waals surface area contributed by atoms with Crippen molar-refractivity contribution in [3.8, 4) is 0 Å². The molecule has 1 fully saturated rings. The molecular formula is C13H32O5Si3. The average Bonchev–Trinajstić information content (AvgIpc) is 3.00. The highest BCUT2D eigenvalue weighted by molar-refractivity contribution is 6.87. The number of epoxide rings is 1. The van der Waals surface area contributed by atoms with Gasteiger partial charge in [-0.3, -0.25) is 0 Å². The summed E-state index contributed by atoms with van der Waals surface area (Å²) >= 11 is 0. The Balaban J connectivity index is 2.32. The zero-order chi connectivity index (χ0) is 16.1. The second-order valence-electron chi connectivity index (χ2n) is 7.73. The summed E-state index contributed by atoms with van der Waals surface area (Å²) in [4.78, 5) is 10.3. The van der Waals surface area contributed by atoms with Crippen LogP contribution in [0.25, 0.3) is 0 Å². The van der Waals surface area contributed by atoms with Gasteiger partial charge in [-0.2, -0.15) is 0 Å². The van der Waals surface area contributed by atoms with Crippen LogP contribution in [0, 0.1) is 0 Å². The molecule has 5 nitrogen and oxygen atoms in total. The zero-order valence-corrected chi connectivity index (χ0v) is 17.7. The van der Waals surface area contributed by atoms with Gasteiger partial charge in [0.25, 0.3) is 0 Å². The minimum Gasteiger partial charge on any atom is -0.437 e. The first-order valence-electron chi connectivity index (χ1n) is 7.75. The SMILES string of the molecule is C[Si](C)(C)O[Si](C)(CCCOOCC1CO1)O[Si](C)(C)C. The van der Waals surface area contributed by atoms with Crippen LogP contribution in [0.1, 0.15) is 6.42 Å². The third-order valence-electron chi connectivity index (χ3n) is 2.64. The van der Waals surface area contributed by atoms with E-state index in [-0.39, 0.29) is 6.10 Å². The first-order valence-corrected chi connectivity index (χ1v) is 17.1. The molecule has 0 saturated carbocycles. The van der Waals surface area contributed by atoms with E-state index in [0.717, 1.165) is 19.1 Å². The molecule has 0 radical (unpaired) electrons. The number of hydrogen-bond donors (Lipinski definition) is 0. The maximum absolute atomic E-state index is 6.43. The summed E-state index contributed by atoms with van der Waals surface area (Å²) in [6.07, 6.45) is 1.15. The molecule has 1 aliphatic heterocycles. The molecule has 0 aromatic rings. The van der Waals surface area contributed by atoms with Crippen molar-refractivity contribution in [2.75, 3.05) is 19.8 Å². The summed E-state index contributed by atoms with van der Waals surface area (Å²) in [6, 6.07) is 0.949. The van der Waals surface area contributed by atoms with Crippen molar-refractivity contribution in [2.24, 2.45) is 0 Å². The molecule has 1 aliphatic rings. The van der Waals surface area contributed by atoms with Crippen molar-refractivity contribution in [3.05, 3.63) is 0 Å². The van der Waals surface area contributed by atoms with Crippen LogP contribution in [-0.2, 0) is 22.7 Å². The van der Waals surface area contributed by atoms with Crippen molar-refractivity contribution in [1.82, 2.24) is 0 Å². The first kappa shape index (κ1) is 19.5. The van der Waals surface area contributed by atoms with E-state index in [2.05, 4.69) is 45.8 Å². The van der Waals surface area contributed by atoms with E-state index in [9.17, 15) is 0 Å². The Morgan fingerprint density at radius 1 is 0.905 bits per heavy atom. The van der Waals surface area contributed by atoms with Crippen molar-refractivity contribution in [1.29, 1.82) is 0 Å². The molecule has 1 saturated heterocycles. The number of ether oxygens (including phenoxy) is 1. The van der Waals surface area contributed by atoms with E-state index in [1.165, 1.54) is 0 Å². The normalized spacial score (nSPS) is 19.9. The maximum Gasteiger partial charge on any atom is 0.314 e. The van der Waals surface area contributed by atoms with E-state index in [1.54, 1.807) is 0 Å². The Labute approximate surface area is 132 Å². The Morgan fingerprint density at radius 2 is 1.43 bits per heavy atom. The fraction of sp³-hybridized carbons (Fsp3) is 1.00. The molecule has 0 amide bonds. The molecule has 1 unspecified atom stereocenters. The zero-order valence-electron chi connectivity index (χ0n) is 14.7. The smallest absolute Gasteiger partial charge is 0.314 e. The summed E-state index contributed by atoms with van der Waals surface area (Å²) in [7, 11) is -5.33. The van der Waals surface area contributed by atoms with Crippen molar-refractivity contribution >= 4 is 25.2 Å². The number of rotatable bonds is 11. The van der Waals surface area contributed by atoms with Crippen LogP contribution in [0.3, 0.4) is 0 Å². The van der Waals surface area contributed by atoms with Gasteiger partial charge in [0.1, 0.15) is 12.7 Å². The van der Waals surface area contributed by atoms with E-state index in [1.807, 2.05) is 0 Å². The van der Waals surface area contributed by atoms with Crippen LogP contribution in [0.15, 0.2) is 0 Å². The molecule has 0 aromatic carbocycles. The third-order valence-corrected chi connectivity index (χ3v) is 12.3. The molecule has 126 valence electrons. The van der Waals surface area contributed by atoms with Gasteiger partial charge in [-0.1, -0.05) is 0 Å². The van der Waals surface area contributed by atoms with E-state index >= 15 is 0 Å². The number of hydrogen-bond acceptors (Lipinski definition) is 5. The van der Waals surface area contributed by atoms with Gasteiger partial charge in [0.2, 0.25) is 0 Å². The van der Waals surface area contributed by atoms with Crippen LogP contribution < -0.4 is 0 Å². The van der Waals surface area contributed by atoms with Gasteiger partial charge in [-0.05, 0) is 58.3 Å². The molecule has 1 heterocycles. The minimum atomic E-state index is -2.13. The monoisotopic (exact) mass is 352 g/mol. The fourth-order valence-corrected chi connectivity index (χ4v) is 14.7. The molecule has 1 rings (SSSR count). The highest BCUT2D eigenvalue weighted by Gasteiger charge is 2.39. The lowest BCUT2D eigenvalue weighted by molar-refractivity contribution is -0.296. The Hall–Kier alpha value is 0.451. The lowest BCUT2D eigenvalue weighted by Gasteiger charge is -2.38. The van der Waals surface area contributed by atoms with Gasteiger partial charge >= 0.3 is 8.56 Å². The molecule has 1 atom stereocenters. The van der Waals surface area contributed by atoms with Gasteiger partial charge in [0, 0.05) is 0 Å². The van der Waals surface area contributed by atoms with E-state index in [4.69, 9.17) is 22.7 Å². The van der Waals surface area contributed by atoms with Gasteiger partial charge < -0.3 is 13.0 Å². The van der Waals surface area contributed by atoms with Crippen molar-refractivity contribution in [3.63, 3.8) is 0 Å². The molecule has 0 N–H and O–H groups in total. The Morgan fingerprint density at radius 3 is 1.86 bits per heavy atom. The molecular weight excluding hydrogens is 320 g/mol. The lowest BCUT2D eigenvalue weighted by Crippen LogP contribution is -2.52. The quantitative estimate of drug-likeness (QED) is 0.187. The van der Waals surface area contributed by atoms with Crippen molar-refractivity contribution in [2.45, 2.75) is 64.4 Å². The molecule has 0 aliphatic carbocycles. The van der Waals surface area contributed by atoms with Gasteiger partial charge in [-0.15, -0.1) is 0 Å². The molecule has 8 heteroatoms. The summed E-state index contributed by atoms with van der Waals surface area (Å²) < 4.78 is 17.9. The van der Waals surface area contributed by atoms with Gasteiger partial charge in [0.15, 0.2) is 16.6 Å². The third kappa shape index (κ3) is 10.7. The standard InChI is InChI=1S/C13H32O5Si3/c1-19(2,3)17-21(7,18-20(4,5)6)10-8-9-15-16-12-13-11-14-13/h13H,8-12H2,1-7H3. The highest BCUT2D eigenvalue weighted by Crippen LogP contribution is 2.25. The molecule has 0 spiro atoms. The summed E-state index contributed by atoms with van der Waals surface area (Å²) in [6.45, 7) is 17.4. The van der Waals surface area contributed by atoms with E-state index in [0.29, 0.717) is 13.2 Å². The van der Waals surface area contributed by atoms with Crippen LogP contribution in [0.5, 0.6) is 0 Å². The van der Waals surface area contributed by atoms with Crippen LogP contribution >= 0.6 is 0 Å². The maximum atomic E-state index is 6.43. The summed E-state index contributed by atoms with van der Waals surface area (Å²) in [5.41, 5.74) is 0.